The van der Waals surface area contributed by atoms with Gasteiger partial charge in [-0.2, -0.15) is 0 Å². The fraction of sp³-hybridized carbons (Fsp3) is 0.529. The van der Waals surface area contributed by atoms with Gasteiger partial charge >= 0.3 is 231 Å². The summed E-state index contributed by atoms with van der Waals surface area (Å²) in [5, 5.41) is 0. The third kappa shape index (κ3) is 5.86. The van der Waals surface area contributed by atoms with E-state index in [4.69, 9.17) is 0 Å². The molecule has 2 heteroatoms. The molecule has 2 aromatic carbocycles. The first kappa shape index (κ1) is 28.0. The number of hydrogen-bond acceptors (Lipinski definition) is 0. The zero-order valence-electron chi connectivity index (χ0n) is 24.6. The fourth-order valence-electron chi connectivity index (χ4n) is 6.12. The molecule has 0 saturated heterocycles. The molecule has 0 fully saturated rings. The molecule has 2 aliphatic rings. The van der Waals surface area contributed by atoms with Crippen LogP contribution in [-0.2, 0) is 37.6 Å². The summed E-state index contributed by atoms with van der Waals surface area (Å²) in [6.45, 7) is 24.3. The molecule has 36 heavy (non-hydrogen) atoms. The molecule has 192 valence electrons. The molecule has 0 spiro atoms. The Hall–Kier alpha value is -0.980. The molecule has 0 bridgehead atoms. The van der Waals surface area contributed by atoms with Gasteiger partial charge < -0.3 is 0 Å². The molecule has 0 saturated carbocycles. The van der Waals surface area contributed by atoms with Gasteiger partial charge in [0.25, 0.3) is 0 Å². The number of hydrogen-bond donors (Lipinski definition) is 0. The van der Waals surface area contributed by atoms with Crippen LogP contribution in [0.15, 0.2) is 51.8 Å². The first-order valence-corrected chi connectivity index (χ1v) is 22.2. The molecule has 0 nitrogen and oxygen atoms in total. The van der Waals surface area contributed by atoms with Crippen LogP contribution < -0.4 is 3.27 Å². The second-order valence-corrected chi connectivity index (χ2v) is 28.9. The summed E-state index contributed by atoms with van der Waals surface area (Å²) < 4.78 is 3.78. The van der Waals surface area contributed by atoms with Crippen LogP contribution in [0.2, 0.25) is 12.1 Å². The van der Waals surface area contributed by atoms with Crippen molar-refractivity contribution in [3.8, 4) is 11.1 Å². The molecule has 2 aromatic rings. The molecule has 0 atom stereocenters. The average molecular weight is 576 g/mol. The second-order valence-electron chi connectivity index (χ2n) is 14.1. The summed E-state index contributed by atoms with van der Waals surface area (Å²) in [6.07, 6.45) is 9.71. The van der Waals surface area contributed by atoms with E-state index in [0.717, 1.165) is 18.3 Å². The van der Waals surface area contributed by atoms with Gasteiger partial charge in [0.05, 0.1) is 0 Å². The van der Waals surface area contributed by atoms with Crippen molar-refractivity contribution in [1.29, 1.82) is 0 Å². The van der Waals surface area contributed by atoms with E-state index in [2.05, 4.69) is 118 Å². The summed E-state index contributed by atoms with van der Waals surface area (Å²) in [5.74, 6) is 1.59. The molecule has 0 aliphatic heterocycles. The van der Waals surface area contributed by atoms with Gasteiger partial charge in [0, 0.05) is 0 Å². The summed E-state index contributed by atoms with van der Waals surface area (Å²) >= 11 is -2.13. The molecular weight excluding hydrogens is 528 g/mol. The topological polar surface area (TPSA) is 0 Å². The predicted molar refractivity (Wildman–Crippen MR) is 159 cm³/mol. The van der Waals surface area contributed by atoms with Gasteiger partial charge in [-0.15, -0.1) is 0 Å². The van der Waals surface area contributed by atoms with Gasteiger partial charge in [0.15, 0.2) is 0 Å². The molecule has 0 radical (unpaired) electrons. The Morgan fingerprint density at radius 3 is 2.00 bits per heavy atom. The number of benzene rings is 2. The Morgan fingerprint density at radius 2 is 1.47 bits per heavy atom. The Balaban J connectivity index is 2.03. The van der Waals surface area contributed by atoms with Crippen LogP contribution >= 0.6 is 0 Å². The van der Waals surface area contributed by atoms with Crippen molar-refractivity contribution in [3.05, 3.63) is 74.1 Å². The van der Waals surface area contributed by atoms with E-state index in [1.807, 2.05) is 6.55 Å². The molecule has 0 unspecified atom stereocenters. The van der Waals surface area contributed by atoms with Crippen LogP contribution in [0.1, 0.15) is 97.9 Å². The summed E-state index contributed by atoms with van der Waals surface area (Å²) in [5.41, 5.74) is 9.39. The summed E-state index contributed by atoms with van der Waals surface area (Å²) in [4.78, 5) is 0. The van der Waals surface area contributed by atoms with Crippen molar-refractivity contribution in [1.82, 2.24) is 0 Å². The van der Waals surface area contributed by atoms with Crippen molar-refractivity contribution in [2.45, 2.75) is 105 Å². The summed E-state index contributed by atoms with van der Waals surface area (Å²) in [7, 11) is 0. The first-order chi connectivity index (χ1) is 16.8. The van der Waals surface area contributed by atoms with Crippen molar-refractivity contribution >= 4 is 8.70 Å². The van der Waals surface area contributed by atoms with E-state index >= 15 is 0 Å². The van der Waals surface area contributed by atoms with Crippen LogP contribution in [-0.4, -0.2) is 5.43 Å². The monoisotopic (exact) mass is 574 g/mol. The molecule has 0 aromatic heterocycles. The molecule has 2 aliphatic carbocycles. The van der Waals surface area contributed by atoms with Gasteiger partial charge in [-0.3, -0.25) is 0 Å². The number of rotatable bonds is 6. The third-order valence-corrected chi connectivity index (χ3v) is 27.8. The minimum absolute atomic E-state index is 0.177. The predicted octanol–water partition coefficient (Wildman–Crippen LogP) is 9.24. The van der Waals surface area contributed by atoms with Gasteiger partial charge in [-0.25, -0.2) is 0 Å². The number of fused-ring (bicyclic) bond motifs is 3. The standard InChI is InChI=1S/C21H25.C8H18Si.C5H5.Zr/c1-20(2,3)16-7-9-18-14(12-16)11-15-13-17(21(4,5)6)8-10-19(15)18;1-7(2)5-9-6-8(3)4;1-2-4-5-3-1;/h7-10,12H,11H2,1-6H3;7-8H,5-6H2,1-4H3;1-3H,4H2;. The molecule has 4 rings (SSSR count). The molecule has 0 N–H and O–H groups in total. The molecule has 0 heterocycles. The van der Waals surface area contributed by atoms with Crippen LogP contribution in [0.4, 0.5) is 0 Å². The van der Waals surface area contributed by atoms with Crippen molar-refractivity contribution in [2.75, 3.05) is 0 Å². The zero-order chi connectivity index (χ0) is 26.4. The summed E-state index contributed by atoms with van der Waals surface area (Å²) in [6, 6.07) is 15.4. The van der Waals surface area contributed by atoms with E-state index < -0.39 is 25.8 Å². The fourth-order valence-corrected chi connectivity index (χ4v) is 32.6. The van der Waals surface area contributed by atoms with Crippen LogP contribution in [0.5, 0.6) is 0 Å². The maximum absolute atomic E-state index is 2.56. The average Bonchev–Trinajstić information content (AvgIpc) is 3.39. The van der Waals surface area contributed by atoms with Crippen LogP contribution in [0.3, 0.4) is 0 Å². The van der Waals surface area contributed by atoms with Crippen LogP contribution in [0, 0.1) is 11.8 Å². The quantitative estimate of drug-likeness (QED) is 0.257. The van der Waals surface area contributed by atoms with Gasteiger partial charge in [-0.1, -0.05) is 0 Å². The van der Waals surface area contributed by atoms with E-state index in [0.29, 0.717) is 0 Å². The Bertz CT molecular complexity index is 1230. The molecule has 0 amide bonds. The SMILES string of the molecule is CC(C)C[Si](CC(C)C)=[Zr]([C]1=CC=CC1)[c]1c(C(C)(C)C)ccc2c1Cc1cc(C(C)(C)C)ccc1-2. The van der Waals surface area contributed by atoms with Gasteiger partial charge in [-0.05, 0) is 0 Å². The van der Waals surface area contributed by atoms with E-state index in [-0.39, 0.29) is 10.8 Å². The van der Waals surface area contributed by atoms with E-state index in [1.54, 1.807) is 22.3 Å². The van der Waals surface area contributed by atoms with E-state index in [9.17, 15) is 0 Å². The van der Waals surface area contributed by atoms with Crippen LogP contribution in [0.25, 0.3) is 11.1 Å². The van der Waals surface area contributed by atoms with E-state index in [1.165, 1.54) is 29.6 Å². The third-order valence-electron chi connectivity index (χ3n) is 7.75. The Morgan fingerprint density at radius 1 is 0.833 bits per heavy atom. The maximum atomic E-state index is 2.56. The number of allylic oxidation sites excluding steroid dienone is 4. The Labute approximate surface area is 229 Å². The zero-order valence-corrected chi connectivity index (χ0v) is 28.1. The van der Waals surface area contributed by atoms with Crippen molar-refractivity contribution < 1.29 is 20.4 Å². The van der Waals surface area contributed by atoms with Gasteiger partial charge in [0.2, 0.25) is 0 Å². The Kier molecular flexibility index (Phi) is 8.29. The van der Waals surface area contributed by atoms with Gasteiger partial charge in [0.1, 0.15) is 0 Å². The van der Waals surface area contributed by atoms with Crippen molar-refractivity contribution in [3.63, 3.8) is 0 Å². The normalized spacial score (nSPS) is 14.9. The molecular formula is C34H48SiZr. The second kappa shape index (κ2) is 10.6. The first-order valence-electron chi connectivity index (χ1n) is 14.2. The van der Waals surface area contributed by atoms with Crippen molar-refractivity contribution in [2.24, 2.45) is 11.8 Å². The minimum atomic E-state index is -2.13.